The highest BCUT2D eigenvalue weighted by Gasteiger charge is 2.46. The number of rotatable bonds is 0. The third-order valence-electron chi connectivity index (χ3n) is 4.80. The summed E-state index contributed by atoms with van der Waals surface area (Å²) in [5, 5.41) is 9.99. The Hall–Kier alpha value is -0.0400. The van der Waals surface area contributed by atoms with Crippen LogP contribution in [0.25, 0.3) is 0 Å². The fraction of sp³-hybridized carbons (Fsp3) is 1.00. The molecule has 13 heavy (non-hydrogen) atoms. The second-order valence-electron chi connectivity index (χ2n) is 5.40. The SMILES string of the molecule is C[C@H]1CCCC2[C@@H](O)CCC[C@@]21C. The van der Waals surface area contributed by atoms with E-state index in [9.17, 15) is 5.11 Å². The number of aliphatic hydroxyl groups excluding tert-OH is 1. The Labute approximate surface area is 81.5 Å². The number of fused-ring (bicyclic) bond motifs is 1. The van der Waals surface area contributed by atoms with Crippen molar-refractivity contribution in [2.24, 2.45) is 17.3 Å². The van der Waals surface area contributed by atoms with Crippen LogP contribution in [-0.2, 0) is 0 Å². The second-order valence-corrected chi connectivity index (χ2v) is 5.40. The van der Waals surface area contributed by atoms with Crippen molar-refractivity contribution in [3.05, 3.63) is 0 Å². The lowest BCUT2D eigenvalue weighted by Gasteiger charge is -2.51. The van der Waals surface area contributed by atoms with Crippen molar-refractivity contribution in [2.75, 3.05) is 0 Å². The van der Waals surface area contributed by atoms with Gasteiger partial charge in [-0.1, -0.05) is 33.1 Å². The fourth-order valence-electron chi connectivity index (χ4n) is 3.63. The Balaban J connectivity index is 2.19. The van der Waals surface area contributed by atoms with Crippen molar-refractivity contribution in [1.29, 1.82) is 0 Å². The van der Waals surface area contributed by atoms with Gasteiger partial charge in [-0.25, -0.2) is 0 Å². The minimum Gasteiger partial charge on any atom is -0.393 e. The molecule has 2 rings (SSSR count). The predicted octanol–water partition coefficient (Wildman–Crippen LogP) is 2.97. The van der Waals surface area contributed by atoms with E-state index in [4.69, 9.17) is 0 Å². The predicted molar refractivity (Wildman–Crippen MR) is 54.5 cm³/mol. The molecule has 2 aliphatic rings. The number of hydrogen-bond donors (Lipinski definition) is 1. The molecule has 0 aromatic heterocycles. The molecule has 2 fully saturated rings. The molecule has 0 heterocycles. The van der Waals surface area contributed by atoms with Gasteiger partial charge in [0.2, 0.25) is 0 Å². The van der Waals surface area contributed by atoms with Gasteiger partial charge in [-0.05, 0) is 36.5 Å². The zero-order chi connectivity index (χ0) is 9.47. The third kappa shape index (κ3) is 1.41. The van der Waals surface area contributed by atoms with Crippen molar-refractivity contribution in [2.45, 2.75) is 58.5 Å². The first-order chi connectivity index (χ1) is 6.14. The van der Waals surface area contributed by atoms with Crippen LogP contribution in [0.1, 0.15) is 52.4 Å². The van der Waals surface area contributed by atoms with E-state index in [1.54, 1.807) is 0 Å². The molecule has 0 aromatic rings. The van der Waals surface area contributed by atoms with Gasteiger partial charge in [-0.15, -0.1) is 0 Å². The van der Waals surface area contributed by atoms with E-state index in [0.29, 0.717) is 11.3 Å². The van der Waals surface area contributed by atoms with Crippen molar-refractivity contribution < 1.29 is 5.11 Å². The van der Waals surface area contributed by atoms with Crippen LogP contribution in [-0.4, -0.2) is 11.2 Å². The monoisotopic (exact) mass is 182 g/mol. The largest absolute Gasteiger partial charge is 0.393 e. The summed E-state index contributed by atoms with van der Waals surface area (Å²) in [6.45, 7) is 4.79. The smallest absolute Gasteiger partial charge is 0.0573 e. The van der Waals surface area contributed by atoms with E-state index in [1.165, 1.54) is 32.1 Å². The first-order valence-corrected chi connectivity index (χ1v) is 5.82. The minimum atomic E-state index is 0.00139. The molecular weight excluding hydrogens is 160 g/mol. The molecule has 1 unspecified atom stereocenters. The van der Waals surface area contributed by atoms with Crippen LogP contribution >= 0.6 is 0 Å². The van der Waals surface area contributed by atoms with E-state index in [0.717, 1.165) is 12.3 Å². The second kappa shape index (κ2) is 3.27. The molecule has 0 aromatic carbocycles. The first-order valence-electron chi connectivity index (χ1n) is 5.82. The highest BCUT2D eigenvalue weighted by Crippen LogP contribution is 2.52. The summed E-state index contributed by atoms with van der Waals surface area (Å²) in [4.78, 5) is 0. The molecule has 0 amide bonds. The summed E-state index contributed by atoms with van der Waals surface area (Å²) in [5.74, 6) is 1.42. The topological polar surface area (TPSA) is 20.2 Å². The van der Waals surface area contributed by atoms with Crippen LogP contribution in [0.4, 0.5) is 0 Å². The van der Waals surface area contributed by atoms with Crippen LogP contribution in [0.3, 0.4) is 0 Å². The highest BCUT2D eigenvalue weighted by atomic mass is 16.3. The van der Waals surface area contributed by atoms with Gasteiger partial charge >= 0.3 is 0 Å². The Morgan fingerprint density at radius 3 is 2.62 bits per heavy atom. The minimum absolute atomic E-state index is 0.00139. The quantitative estimate of drug-likeness (QED) is 0.610. The van der Waals surface area contributed by atoms with Gasteiger partial charge in [0.25, 0.3) is 0 Å². The highest BCUT2D eigenvalue weighted by molar-refractivity contribution is 4.96. The molecule has 0 radical (unpaired) electrons. The maximum Gasteiger partial charge on any atom is 0.0573 e. The summed E-state index contributed by atoms with van der Waals surface area (Å²) >= 11 is 0. The lowest BCUT2D eigenvalue weighted by atomic mass is 9.55. The van der Waals surface area contributed by atoms with Gasteiger partial charge in [0.15, 0.2) is 0 Å². The Morgan fingerprint density at radius 1 is 1.15 bits per heavy atom. The van der Waals surface area contributed by atoms with E-state index in [1.807, 2.05) is 0 Å². The molecule has 1 heteroatoms. The average Bonchev–Trinajstić information content (AvgIpc) is 2.08. The standard InChI is InChI=1S/C12H22O/c1-9-5-3-6-10-11(13)7-4-8-12(9,10)2/h9-11,13H,3-8H2,1-2H3/t9-,10?,11-,12+/m0/s1. The Bertz CT molecular complexity index is 190. The van der Waals surface area contributed by atoms with Crippen LogP contribution in [0, 0.1) is 17.3 Å². The Morgan fingerprint density at radius 2 is 1.92 bits per heavy atom. The number of hydrogen-bond acceptors (Lipinski definition) is 1. The molecule has 0 bridgehead atoms. The van der Waals surface area contributed by atoms with E-state index in [-0.39, 0.29) is 6.10 Å². The lowest BCUT2D eigenvalue weighted by molar-refractivity contribution is -0.0725. The molecule has 0 saturated heterocycles. The average molecular weight is 182 g/mol. The van der Waals surface area contributed by atoms with Crippen molar-refractivity contribution >= 4 is 0 Å². The van der Waals surface area contributed by atoms with Crippen molar-refractivity contribution in [3.63, 3.8) is 0 Å². The molecule has 0 spiro atoms. The zero-order valence-electron chi connectivity index (χ0n) is 8.92. The molecule has 2 saturated carbocycles. The van der Waals surface area contributed by atoms with Crippen LogP contribution in [0.2, 0.25) is 0 Å². The van der Waals surface area contributed by atoms with Gasteiger partial charge in [-0.3, -0.25) is 0 Å². The van der Waals surface area contributed by atoms with E-state index >= 15 is 0 Å². The number of aliphatic hydroxyl groups is 1. The third-order valence-corrected chi connectivity index (χ3v) is 4.80. The van der Waals surface area contributed by atoms with Crippen LogP contribution in [0.15, 0.2) is 0 Å². The normalized spacial score (nSPS) is 51.5. The molecule has 2 aliphatic carbocycles. The van der Waals surface area contributed by atoms with Gasteiger partial charge in [0, 0.05) is 0 Å². The first kappa shape index (κ1) is 9.51. The summed E-state index contributed by atoms with van der Waals surface area (Å²) in [6.07, 6.45) is 7.60. The molecule has 1 N–H and O–H groups in total. The summed E-state index contributed by atoms with van der Waals surface area (Å²) in [5.41, 5.74) is 0.454. The maximum absolute atomic E-state index is 9.99. The van der Waals surface area contributed by atoms with Gasteiger partial charge in [-0.2, -0.15) is 0 Å². The Kier molecular flexibility index (Phi) is 2.39. The lowest BCUT2D eigenvalue weighted by Crippen LogP contribution is -2.46. The summed E-state index contributed by atoms with van der Waals surface area (Å²) in [6, 6.07) is 0. The van der Waals surface area contributed by atoms with Crippen LogP contribution in [0.5, 0.6) is 0 Å². The van der Waals surface area contributed by atoms with Crippen LogP contribution < -0.4 is 0 Å². The fourth-order valence-corrected chi connectivity index (χ4v) is 3.63. The molecule has 1 nitrogen and oxygen atoms in total. The molecule has 76 valence electrons. The van der Waals surface area contributed by atoms with Crippen molar-refractivity contribution in [3.8, 4) is 0 Å². The molecular formula is C12H22O. The molecule has 4 atom stereocenters. The summed E-state index contributed by atoms with van der Waals surface area (Å²) < 4.78 is 0. The van der Waals surface area contributed by atoms with Gasteiger partial charge in [0.1, 0.15) is 0 Å². The van der Waals surface area contributed by atoms with E-state index < -0.39 is 0 Å². The summed E-state index contributed by atoms with van der Waals surface area (Å²) in [7, 11) is 0. The van der Waals surface area contributed by atoms with E-state index in [2.05, 4.69) is 13.8 Å². The maximum atomic E-state index is 9.99. The van der Waals surface area contributed by atoms with Gasteiger partial charge < -0.3 is 5.11 Å². The van der Waals surface area contributed by atoms with Gasteiger partial charge in [0.05, 0.1) is 6.10 Å². The zero-order valence-corrected chi connectivity index (χ0v) is 8.92. The molecule has 0 aliphatic heterocycles. The van der Waals surface area contributed by atoms with Crippen molar-refractivity contribution in [1.82, 2.24) is 0 Å².